The topological polar surface area (TPSA) is 291 Å². The molecule has 0 bridgehead atoms. The number of allylic oxidation sites excluding steroid dienone is 2. The number of aliphatic hydroxyl groups excluding tert-OH is 1. The van der Waals surface area contributed by atoms with Crippen molar-refractivity contribution in [3.05, 3.63) is 12.2 Å². The number of methoxy groups -OCH3 is 1. The van der Waals surface area contributed by atoms with Gasteiger partial charge in [-0.2, -0.15) is 11.8 Å². The number of ether oxygens (including phenoxy) is 1. The van der Waals surface area contributed by atoms with Gasteiger partial charge in [-0.05, 0) is 135 Å². The van der Waals surface area contributed by atoms with E-state index < -0.39 is 161 Å². The third-order valence-corrected chi connectivity index (χ3v) is 19.2. The van der Waals surface area contributed by atoms with Crippen molar-refractivity contribution in [1.29, 1.82) is 0 Å². The maximum absolute atomic E-state index is 15.5. The van der Waals surface area contributed by atoms with Crippen LogP contribution in [-0.4, -0.2) is 276 Å². The lowest BCUT2D eigenvalue weighted by Gasteiger charge is -2.41. The maximum Gasteiger partial charge on any atom is 0.246 e. The lowest BCUT2D eigenvalue weighted by molar-refractivity contribution is -0.157. The molecule has 26 heteroatoms. The van der Waals surface area contributed by atoms with Crippen LogP contribution in [0.5, 0.6) is 0 Å². The number of rotatable bonds is 22. The first-order chi connectivity index (χ1) is 43.9. The standard InChI is InChI=1S/C69H126N12O13S/c1-28-30-32-45(13)57(82)56-61(86)72-48(29-2)63(88)79(24)53(39-95-34-31-33-74(18)19)66(91)78(23)52(38-69(16,17)94-27)60(85)73-54(43(9)10)67(92)75(20)49(35-40(3)4)59(84)70-46(14)58(83)71-47(15)62(87)76(21)50(36-41(5)6)64(89)77(22)51(37-42(7)8)65(90)80(25)55(44(11)12)68(93)81(56)26/h28,30,40-57,82H,29,31-39H2,1-27H3,(H,70,84)(H,71,83)(H,72,86)(H,73,85)/b30-28+/t45-,46+,47-,48+,49+,50+,51+,52+,53-,54+,55+,56+,57-/m1/s1. The molecule has 1 saturated heterocycles. The van der Waals surface area contributed by atoms with Crippen molar-refractivity contribution in [1.82, 2.24) is 60.5 Å². The Hall–Kier alpha value is -5.86. The Kier molecular flexibility index (Phi) is 36.8. The molecule has 5 N–H and O–H groups in total. The van der Waals surface area contributed by atoms with Crippen molar-refractivity contribution in [2.24, 2.45) is 35.5 Å². The van der Waals surface area contributed by atoms with Gasteiger partial charge in [-0.25, -0.2) is 0 Å². The Bertz CT molecular complexity index is 2580. The van der Waals surface area contributed by atoms with E-state index in [9.17, 15) is 24.3 Å². The van der Waals surface area contributed by atoms with Crippen LogP contribution in [0.4, 0.5) is 0 Å². The molecule has 0 radical (unpaired) electrons. The summed E-state index contributed by atoms with van der Waals surface area (Å²) in [5.74, 6) is -9.25. The van der Waals surface area contributed by atoms with Crippen LogP contribution in [0.15, 0.2) is 12.2 Å². The molecule has 1 rings (SSSR count). The summed E-state index contributed by atoms with van der Waals surface area (Å²) in [4.78, 5) is 175. The molecule has 0 aromatic carbocycles. The molecule has 0 aromatic heterocycles. The van der Waals surface area contributed by atoms with Gasteiger partial charge >= 0.3 is 0 Å². The van der Waals surface area contributed by atoms with Crippen LogP contribution < -0.4 is 21.3 Å². The van der Waals surface area contributed by atoms with E-state index >= 15 is 33.6 Å². The summed E-state index contributed by atoms with van der Waals surface area (Å²) in [6, 6.07) is -14.1. The van der Waals surface area contributed by atoms with Gasteiger partial charge in [0.1, 0.15) is 66.5 Å². The Morgan fingerprint density at radius 3 is 1.45 bits per heavy atom. The van der Waals surface area contributed by atoms with E-state index in [-0.39, 0.29) is 55.6 Å². The number of thioether (sulfide) groups is 1. The van der Waals surface area contributed by atoms with Gasteiger partial charge in [0.05, 0.1) is 11.7 Å². The highest BCUT2D eigenvalue weighted by atomic mass is 32.2. The van der Waals surface area contributed by atoms with Crippen LogP contribution in [0.3, 0.4) is 0 Å². The van der Waals surface area contributed by atoms with E-state index in [1.54, 1.807) is 61.5 Å². The molecule has 25 nitrogen and oxygen atoms in total. The Morgan fingerprint density at radius 1 is 0.537 bits per heavy atom. The monoisotopic (exact) mass is 1360 g/mol. The minimum absolute atomic E-state index is 0.00751. The number of aliphatic hydroxyl groups is 1. The number of nitrogens with one attached hydrogen (secondary N) is 4. The van der Waals surface area contributed by atoms with Gasteiger partial charge in [0, 0.05) is 68.6 Å². The van der Waals surface area contributed by atoms with E-state index in [2.05, 4.69) is 21.3 Å². The quantitative estimate of drug-likeness (QED) is 0.0754. The number of amides is 11. The van der Waals surface area contributed by atoms with Crippen molar-refractivity contribution >= 4 is 76.7 Å². The molecular formula is C69H126N12O13S. The lowest BCUT2D eigenvalue weighted by Crippen LogP contribution is -2.64. The molecule has 95 heavy (non-hydrogen) atoms. The van der Waals surface area contributed by atoms with E-state index in [1.807, 2.05) is 73.5 Å². The molecular weight excluding hydrogens is 1240 g/mol. The van der Waals surface area contributed by atoms with Crippen LogP contribution in [-0.2, 0) is 57.5 Å². The second kappa shape index (κ2) is 40.1. The Balaban J connectivity index is 4.60. The van der Waals surface area contributed by atoms with Crippen molar-refractivity contribution in [3.8, 4) is 0 Å². The smallest absolute Gasteiger partial charge is 0.246 e. The zero-order valence-electron chi connectivity index (χ0n) is 63.0. The summed E-state index contributed by atoms with van der Waals surface area (Å²) < 4.78 is 5.84. The lowest BCUT2D eigenvalue weighted by atomic mass is 9.91. The van der Waals surface area contributed by atoms with Gasteiger partial charge < -0.3 is 70.3 Å². The van der Waals surface area contributed by atoms with Crippen LogP contribution in [0, 0.1) is 35.5 Å². The average molecular weight is 1360 g/mol. The minimum atomic E-state index is -1.65. The van der Waals surface area contributed by atoms with Crippen molar-refractivity contribution in [2.45, 2.75) is 241 Å². The highest BCUT2D eigenvalue weighted by molar-refractivity contribution is 7.99. The molecule has 0 spiro atoms. The first kappa shape index (κ1) is 87.2. The number of nitrogens with zero attached hydrogens (tertiary/aromatic N) is 8. The van der Waals surface area contributed by atoms with Crippen LogP contribution >= 0.6 is 11.8 Å². The predicted molar refractivity (Wildman–Crippen MR) is 374 cm³/mol. The van der Waals surface area contributed by atoms with Crippen LogP contribution in [0.2, 0.25) is 0 Å². The van der Waals surface area contributed by atoms with Crippen molar-refractivity contribution in [2.75, 3.05) is 88.6 Å². The molecule has 0 aromatic rings. The normalized spacial score (nSPS) is 26.3. The van der Waals surface area contributed by atoms with Gasteiger partial charge in [0.15, 0.2) is 0 Å². The number of likely N-dealkylation sites (N-methyl/N-ethyl adjacent to an activating group) is 7. The van der Waals surface area contributed by atoms with Gasteiger partial charge in [0.2, 0.25) is 65.0 Å². The fraction of sp³-hybridized carbons (Fsp3) is 0.812. The highest BCUT2D eigenvalue weighted by Crippen LogP contribution is 2.27. The maximum atomic E-state index is 15.5. The van der Waals surface area contributed by atoms with Gasteiger partial charge in [-0.15, -0.1) is 0 Å². The van der Waals surface area contributed by atoms with E-state index in [0.29, 0.717) is 12.2 Å². The molecule has 0 unspecified atom stereocenters. The summed E-state index contributed by atoms with van der Waals surface area (Å²) in [5, 5.41) is 23.5. The number of carbonyl (C=O) groups is 11. The summed E-state index contributed by atoms with van der Waals surface area (Å²) in [6.07, 6.45) is 3.43. The molecule has 0 aliphatic carbocycles. The summed E-state index contributed by atoms with van der Waals surface area (Å²) >= 11 is 1.42. The summed E-state index contributed by atoms with van der Waals surface area (Å²) in [7, 11) is 15.4. The third-order valence-electron chi connectivity index (χ3n) is 18.1. The second-order valence-corrected chi connectivity index (χ2v) is 30.2. The fourth-order valence-electron chi connectivity index (χ4n) is 11.7. The number of hydrogen-bond acceptors (Lipinski definition) is 15. The number of carbonyl (C=O) groups excluding carboxylic acids is 11. The summed E-state index contributed by atoms with van der Waals surface area (Å²) in [6.45, 7) is 30.4. The van der Waals surface area contributed by atoms with Gasteiger partial charge in [-0.1, -0.05) is 95.2 Å². The largest absolute Gasteiger partial charge is 0.390 e. The highest BCUT2D eigenvalue weighted by Gasteiger charge is 2.47. The summed E-state index contributed by atoms with van der Waals surface area (Å²) in [5.41, 5.74) is -1.04. The van der Waals surface area contributed by atoms with Crippen molar-refractivity contribution in [3.63, 3.8) is 0 Å². The number of hydrogen-bond donors (Lipinski definition) is 5. The van der Waals surface area contributed by atoms with Crippen molar-refractivity contribution < 1.29 is 62.6 Å². The molecule has 1 aliphatic heterocycles. The SMILES string of the molecule is C/C=C/C[C@@H](C)[C@@H](O)[C@H]1C(=O)N[C@@H](CC)C(=O)N(C)[C@H](CSCCCN(C)C)C(=O)N(C)[C@@H](CC(C)(C)OC)C(=O)N[C@@H](C(C)C)C(=O)N(C)[C@@H](CC(C)C)C(=O)N[C@@H](C)C(=O)N[C@H](C)C(=O)N(C)[C@@H](CC(C)C)C(=O)N(C)[C@@H](CC(C)C)C(=O)N(C)[C@@H](C(C)C)C(=O)N1C. The second-order valence-electron chi connectivity index (χ2n) is 29.1. The van der Waals surface area contributed by atoms with E-state index in [1.165, 1.54) is 111 Å². The molecule has 546 valence electrons. The average Bonchev–Trinajstić information content (AvgIpc) is 0.811. The first-order valence-corrected chi connectivity index (χ1v) is 35.2. The first-order valence-electron chi connectivity index (χ1n) is 34.0. The van der Waals surface area contributed by atoms with Gasteiger partial charge in [-0.3, -0.25) is 52.7 Å². The van der Waals surface area contributed by atoms with E-state index in [0.717, 1.165) is 17.9 Å². The Labute approximate surface area is 574 Å². The molecule has 13 atom stereocenters. The molecule has 0 saturated carbocycles. The zero-order valence-corrected chi connectivity index (χ0v) is 63.8. The molecule has 1 aliphatic rings. The molecule has 1 fully saturated rings. The Morgan fingerprint density at radius 2 is 0.979 bits per heavy atom. The van der Waals surface area contributed by atoms with E-state index in [4.69, 9.17) is 4.74 Å². The molecule has 1 heterocycles. The van der Waals surface area contributed by atoms with Crippen LogP contribution in [0.1, 0.15) is 163 Å². The predicted octanol–water partition coefficient (Wildman–Crippen LogP) is 4.09. The van der Waals surface area contributed by atoms with Crippen LogP contribution in [0.25, 0.3) is 0 Å². The molecule has 11 amide bonds. The minimum Gasteiger partial charge on any atom is -0.390 e. The fourth-order valence-corrected chi connectivity index (χ4v) is 12.8. The zero-order chi connectivity index (χ0) is 73.6. The third kappa shape index (κ3) is 25.5. The van der Waals surface area contributed by atoms with Gasteiger partial charge in [0.25, 0.3) is 0 Å².